The molecule has 8 heteroatoms. The van der Waals surface area contributed by atoms with E-state index in [1.807, 2.05) is 31.2 Å². The number of aliphatic carboxylic acids is 1. The third kappa shape index (κ3) is 3.96. The van der Waals surface area contributed by atoms with E-state index in [4.69, 9.17) is 9.84 Å². The smallest absolute Gasteiger partial charge is 0.303 e. The van der Waals surface area contributed by atoms with Gasteiger partial charge in [-0.15, -0.1) is 0 Å². The van der Waals surface area contributed by atoms with Crippen molar-refractivity contribution in [3.63, 3.8) is 0 Å². The molecule has 0 spiro atoms. The van der Waals surface area contributed by atoms with Gasteiger partial charge in [-0.1, -0.05) is 18.2 Å². The molecule has 0 aliphatic carbocycles. The zero-order chi connectivity index (χ0) is 17.8. The Labute approximate surface area is 144 Å². The van der Waals surface area contributed by atoms with Crippen LogP contribution in [0.25, 0.3) is 0 Å². The number of carbonyl (C=O) groups excluding carboxylic acids is 1. The highest BCUT2D eigenvalue weighted by molar-refractivity contribution is 5.78. The molecule has 1 aliphatic rings. The fraction of sp³-hybridized carbons (Fsp3) is 0.412. The number of carbonyl (C=O) groups is 2. The van der Waals surface area contributed by atoms with Crippen LogP contribution in [0.5, 0.6) is 5.75 Å². The molecule has 25 heavy (non-hydrogen) atoms. The number of aromatic nitrogens is 3. The van der Waals surface area contributed by atoms with E-state index in [9.17, 15) is 9.59 Å². The average molecular weight is 344 g/mol. The molecule has 1 aromatic heterocycles. The largest absolute Gasteiger partial charge is 0.484 e. The summed E-state index contributed by atoms with van der Waals surface area (Å²) in [5, 5.41) is 19.5. The van der Waals surface area contributed by atoms with Gasteiger partial charge in [0.15, 0.2) is 6.61 Å². The lowest BCUT2D eigenvalue weighted by Crippen LogP contribution is -2.33. The molecule has 0 unspecified atom stereocenters. The van der Waals surface area contributed by atoms with Crippen LogP contribution >= 0.6 is 0 Å². The first-order valence-corrected chi connectivity index (χ1v) is 8.08. The number of likely N-dealkylation sites (tertiary alicyclic amines) is 1. The van der Waals surface area contributed by atoms with Crippen molar-refractivity contribution in [3.05, 3.63) is 41.7 Å². The molecule has 1 fully saturated rings. The SMILES string of the molecule is Cc1ccccc1OCC(=O)N1C[C@H](CC(=O)O)[C@H](c2cn[nH]n2)C1. The molecular formula is C17H20N4O4. The average Bonchev–Trinajstić information content (AvgIpc) is 3.22. The topological polar surface area (TPSA) is 108 Å². The van der Waals surface area contributed by atoms with Gasteiger partial charge in [-0.3, -0.25) is 9.59 Å². The third-order valence-corrected chi connectivity index (χ3v) is 4.49. The number of aryl methyl sites for hydroxylation is 1. The Morgan fingerprint density at radius 1 is 1.36 bits per heavy atom. The Bertz CT molecular complexity index is 747. The van der Waals surface area contributed by atoms with E-state index >= 15 is 0 Å². The number of carboxylic acids is 1. The van der Waals surface area contributed by atoms with Gasteiger partial charge in [-0.2, -0.15) is 15.4 Å². The summed E-state index contributed by atoms with van der Waals surface area (Å²) in [6.07, 6.45) is 1.57. The highest BCUT2D eigenvalue weighted by Gasteiger charge is 2.38. The van der Waals surface area contributed by atoms with Crippen molar-refractivity contribution >= 4 is 11.9 Å². The summed E-state index contributed by atoms with van der Waals surface area (Å²) in [6, 6.07) is 7.49. The number of hydrogen-bond acceptors (Lipinski definition) is 5. The van der Waals surface area contributed by atoms with Crippen LogP contribution in [0.15, 0.2) is 30.5 Å². The Hall–Kier alpha value is -2.90. The van der Waals surface area contributed by atoms with Gasteiger partial charge in [-0.25, -0.2) is 0 Å². The predicted molar refractivity (Wildman–Crippen MR) is 88.1 cm³/mol. The molecular weight excluding hydrogens is 324 g/mol. The highest BCUT2D eigenvalue weighted by Crippen LogP contribution is 2.33. The third-order valence-electron chi connectivity index (χ3n) is 4.49. The Morgan fingerprint density at radius 3 is 2.84 bits per heavy atom. The standard InChI is InChI=1S/C17H20N4O4/c1-11-4-2-3-5-15(11)25-10-16(22)21-8-12(6-17(23)24)13(9-21)14-7-18-20-19-14/h2-5,7,12-13H,6,8-10H2,1H3,(H,23,24)(H,18,19,20)/t12-,13+/m0/s1. The number of hydrogen-bond donors (Lipinski definition) is 2. The van der Waals surface area contributed by atoms with Crippen molar-refractivity contribution in [1.29, 1.82) is 0 Å². The fourth-order valence-corrected chi connectivity index (χ4v) is 3.18. The lowest BCUT2D eigenvalue weighted by Gasteiger charge is -2.17. The molecule has 0 radical (unpaired) electrons. The number of nitrogens with one attached hydrogen (secondary N) is 1. The van der Waals surface area contributed by atoms with E-state index in [1.165, 1.54) is 0 Å². The van der Waals surface area contributed by atoms with Crippen LogP contribution in [0.3, 0.4) is 0 Å². The molecule has 2 atom stereocenters. The minimum absolute atomic E-state index is 0.0139. The Balaban J connectivity index is 1.65. The summed E-state index contributed by atoms with van der Waals surface area (Å²) < 4.78 is 5.61. The van der Waals surface area contributed by atoms with Gasteiger partial charge in [-0.05, 0) is 24.5 Å². The number of para-hydroxylation sites is 1. The van der Waals surface area contributed by atoms with Gasteiger partial charge in [0.25, 0.3) is 5.91 Å². The molecule has 2 N–H and O–H groups in total. The van der Waals surface area contributed by atoms with E-state index in [0.29, 0.717) is 24.5 Å². The van der Waals surface area contributed by atoms with Crippen LogP contribution in [-0.4, -0.2) is 57.0 Å². The quantitative estimate of drug-likeness (QED) is 0.815. The minimum Gasteiger partial charge on any atom is -0.484 e. The first-order valence-electron chi connectivity index (χ1n) is 8.08. The highest BCUT2D eigenvalue weighted by atomic mass is 16.5. The summed E-state index contributed by atoms with van der Waals surface area (Å²) in [7, 11) is 0. The van der Waals surface area contributed by atoms with Crippen molar-refractivity contribution in [3.8, 4) is 5.75 Å². The molecule has 0 saturated carbocycles. The minimum atomic E-state index is -0.885. The van der Waals surface area contributed by atoms with Gasteiger partial charge < -0.3 is 14.7 Å². The molecule has 3 rings (SSSR count). The molecule has 1 amide bonds. The first kappa shape index (κ1) is 16.9. The van der Waals surface area contributed by atoms with Gasteiger partial charge in [0.05, 0.1) is 18.3 Å². The molecule has 1 aliphatic heterocycles. The van der Waals surface area contributed by atoms with E-state index in [2.05, 4.69) is 15.4 Å². The summed E-state index contributed by atoms with van der Waals surface area (Å²) in [5.74, 6) is -0.707. The second-order valence-corrected chi connectivity index (χ2v) is 6.21. The van der Waals surface area contributed by atoms with E-state index in [-0.39, 0.29) is 30.8 Å². The van der Waals surface area contributed by atoms with Crippen LogP contribution in [0.1, 0.15) is 23.6 Å². The molecule has 0 bridgehead atoms. The summed E-state index contributed by atoms with van der Waals surface area (Å²) >= 11 is 0. The van der Waals surface area contributed by atoms with Crippen LogP contribution < -0.4 is 4.74 Å². The summed E-state index contributed by atoms with van der Waals surface area (Å²) in [5.41, 5.74) is 1.64. The van der Waals surface area contributed by atoms with E-state index in [1.54, 1.807) is 11.1 Å². The lowest BCUT2D eigenvalue weighted by molar-refractivity contribution is -0.138. The summed E-state index contributed by atoms with van der Waals surface area (Å²) in [4.78, 5) is 25.3. The van der Waals surface area contributed by atoms with Crippen molar-refractivity contribution in [2.75, 3.05) is 19.7 Å². The van der Waals surface area contributed by atoms with Gasteiger partial charge in [0, 0.05) is 19.0 Å². The number of aromatic amines is 1. The lowest BCUT2D eigenvalue weighted by atomic mass is 9.91. The van der Waals surface area contributed by atoms with Gasteiger partial charge in [0.2, 0.25) is 0 Å². The zero-order valence-corrected chi connectivity index (χ0v) is 13.9. The molecule has 1 saturated heterocycles. The predicted octanol–water partition coefficient (Wildman–Crippen LogP) is 1.21. The number of ether oxygens (including phenoxy) is 1. The van der Waals surface area contributed by atoms with Crippen LogP contribution in [-0.2, 0) is 9.59 Å². The number of nitrogens with zero attached hydrogens (tertiary/aromatic N) is 3. The van der Waals surface area contributed by atoms with Crippen molar-refractivity contribution in [1.82, 2.24) is 20.3 Å². The summed E-state index contributed by atoms with van der Waals surface area (Å²) in [6.45, 7) is 2.63. The maximum absolute atomic E-state index is 12.5. The zero-order valence-electron chi connectivity index (χ0n) is 13.9. The fourth-order valence-electron chi connectivity index (χ4n) is 3.18. The molecule has 2 aromatic rings. The number of H-pyrrole nitrogens is 1. The number of rotatable bonds is 6. The molecule has 8 nitrogen and oxygen atoms in total. The number of amides is 1. The number of benzene rings is 1. The van der Waals surface area contributed by atoms with Crippen LogP contribution in [0.4, 0.5) is 0 Å². The maximum atomic E-state index is 12.5. The maximum Gasteiger partial charge on any atom is 0.303 e. The molecule has 1 aromatic carbocycles. The van der Waals surface area contributed by atoms with E-state index < -0.39 is 5.97 Å². The number of carboxylic acid groups (broad SMARTS) is 1. The van der Waals surface area contributed by atoms with Crippen LogP contribution in [0.2, 0.25) is 0 Å². The van der Waals surface area contributed by atoms with Crippen molar-refractivity contribution in [2.24, 2.45) is 5.92 Å². The van der Waals surface area contributed by atoms with E-state index in [0.717, 1.165) is 5.56 Å². The molecule has 132 valence electrons. The second-order valence-electron chi connectivity index (χ2n) is 6.21. The Kier molecular flexibility index (Phi) is 4.97. The van der Waals surface area contributed by atoms with Crippen LogP contribution in [0, 0.1) is 12.8 Å². The van der Waals surface area contributed by atoms with Crippen molar-refractivity contribution in [2.45, 2.75) is 19.3 Å². The first-order chi connectivity index (χ1) is 12.0. The van der Waals surface area contributed by atoms with Crippen molar-refractivity contribution < 1.29 is 19.4 Å². The normalized spacial score (nSPS) is 19.8. The van der Waals surface area contributed by atoms with Gasteiger partial charge >= 0.3 is 5.97 Å². The molecule has 2 heterocycles. The van der Waals surface area contributed by atoms with Gasteiger partial charge in [0.1, 0.15) is 5.75 Å². The monoisotopic (exact) mass is 344 g/mol. The Morgan fingerprint density at radius 2 is 2.16 bits per heavy atom. The second kappa shape index (κ2) is 7.33.